The van der Waals surface area contributed by atoms with Gasteiger partial charge in [-0.25, -0.2) is 4.98 Å². The van der Waals surface area contributed by atoms with Gasteiger partial charge in [0.25, 0.3) is 0 Å². The lowest BCUT2D eigenvalue weighted by Gasteiger charge is -2.12. The Morgan fingerprint density at radius 2 is 2.07 bits per heavy atom. The van der Waals surface area contributed by atoms with Gasteiger partial charge in [0, 0.05) is 24.8 Å². The van der Waals surface area contributed by atoms with Gasteiger partial charge in [-0.15, -0.1) is 10.2 Å². The van der Waals surface area contributed by atoms with Crippen molar-refractivity contribution in [3.63, 3.8) is 0 Å². The van der Waals surface area contributed by atoms with Crippen molar-refractivity contribution in [3.8, 4) is 5.88 Å². The normalized spacial score (nSPS) is 12.0. The summed E-state index contributed by atoms with van der Waals surface area (Å²) in [4.78, 5) is 16.9. The molecular weight excluding hydrogens is 360 g/mol. The molecule has 2 aromatic heterocycles. The molecule has 6 nitrogen and oxygen atoms in total. The van der Waals surface area contributed by atoms with Crippen LogP contribution in [0, 0.1) is 0 Å². The van der Waals surface area contributed by atoms with Gasteiger partial charge in [-0.2, -0.15) is 0 Å². The van der Waals surface area contributed by atoms with Crippen molar-refractivity contribution in [1.82, 2.24) is 19.7 Å². The molecule has 0 saturated carbocycles. The van der Waals surface area contributed by atoms with Crippen LogP contribution >= 0.6 is 11.8 Å². The van der Waals surface area contributed by atoms with Crippen LogP contribution in [0.4, 0.5) is 0 Å². The molecule has 0 aliphatic rings. The highest BCUT2D eigenvalue weighted by Gasteiger charge is 2.14. The maximum absolute atomic E-state index is 12.6. The first-order valence-electron chi connectivity index (χ1n) is 8.79. The lowest BCUT2D eigenvalue weighted by Crippen LogP contribution is -2.07. The van der Waals surface area contributed by atoms with E-state index >= 15 is 0 Å². The number of pyridine rings is 1. The predicted octanol–water partition coefficient (Wildman–Crippen LogP) is 3.89. The van der Waals surface area contributed by atoms with E-state index in [1.54, 1.807) is 36.3 Å². The largest absolute Gasteiger partial charge is 0.478 e. The molecule has 0 unspecified atom stereocenters. The van der Waals surface area contributed by atoms with E-state index in [-0.39, 0.29) is 11.0 Å². The predicted molar refractivity (Wildman–Crippen MR) is 105 cm³/mol. The van der Waals surface area contributed by atoms with E-state index in [0.717, 1.165) is 16.3 Å². The molecule has 0 amide bonds. The minimum absolute atomic E-state index is 0.0256. The molecule has 140 valence electrons. The number of nitrogens with zero attached hydrogens (tertiary/aromatic N) is 4. The average molecular weight is 382 g/mol. The molecule has 0 spiro atoms. The molecule has 2 heterocycles. The topological polar surface area (TPSA) is 69.9 Å². The molecule has 0 fully saturated rings. The minimum atomic E-state index is -0.0256. The maximum atomic E-state index is 12.6. The van der Waals surface area contributed by atoms with E-state index < -0.39 is 0 Å². The third-order valence-electron chi connectivity index (χ3n) is 4.04. The summed E-state index contributed by atoms with van der Waals surface area (Å²) in [5.74, 6) is 0.452. The Balaban J connectivity index is 1.71. The van der Waals surface area contributed by atoms with Gasteiger partial charge in [0.1, 0.15) is 12.0 Å². The number of ether oxygens (including phenoxy) is 1. The van der Waals surface area contributed by atoms with Crippen LogP contribution in [0.1, 0.15) is 40.7 Å². The number of ketones is 1. The number of rotatable bonds is 8. The van der Waals surface area contributed by atoms with Crippen molar-refractivity contribution >= 4 is 17.5 Å². The zero-order valence-corrected chi connectivity index (χ0v) is 16.4. The summed E-state index contributed by atoms with van der Waals surface area (Å²) in [7, 11) is 1.92. The summed E-state index contributed by atoms with van der Waals surface area (Å²) in [5.41, 5.74) is 2.53. The Hall–Kier alpha value is -2.67. The van der Waals surface area contributed by atoms with Crippen LogP contribution in [0.2, 0.25) is 0 Å². The third-order valence-corrected chi connectivity index (χ3v) is 5.24. The minimum Gasteiger partial charge on any atom is -0.478 e. The summed E-state index contributed by atoms with van der Waals surface area (Å²) >= 11 is 1.64. The number of hydrogen-bond acceptors (Lipinski definition) is 6. The fourth-order valence-electron chi connectivity index (χ4n) is 2.64. The van der Waals surface area contributed by atoms with Crippen LogP contribution in [0.3, 0.4) is 0 Å². The molecule has 7 heteroatoms. The standard InChI is InChI=1S/C20H22N4O2S/c1-4-26-19-10-6-9-17(22-19)18(25)12-15-7-5-8-16(11-15)14(2)27-20-23-21-13-24(20)3/h5-11,13-14H,4,12H2,1-3H3/t14-/m0/s1. The summed E-state index contributed by atoms with van der Waals surface area (Å²) in [6.07, 6.45) is 1.99. The van der Waals surface area contributed by atoms with E-state index in [2.05, 4.69) is 34.2 Å². The molecule has 1 aromatic carbocycles. The van der Waals surface area contributed by atoms with E-state index in [1.165, 1.54) is 0 Å². The molecule has 0 saturated heterocycles. The average Bonchev–Trinajstić information content (AvgIpc) is 3.07. The second-order valence-corrected chi connectivity index (χ2v) is 7.43. The number of thioether (sulfide) groups is 1. The second-order valence-electron chi connectivity index (χ2n) is 6.12. The summed E-state index contributed by atoms with van der Waals surface area (Å²) < 4.78 is 7.27. The van der Waals surface area contributed by atoms with E-state index in [4.69, 9.17) is 4.74 Å². The number of carbonyl (C=O) groups excluding carboxylic acids is 1. The smallest absolute Gasteiger partial charge is 0.213 e. The number of benzene rings is 1. The van der Waals surface area contributed by atoms with Crippen molar-refractivity contribution in [2.45, 2.75) is 30.7 Å². The summed E-state index contributed by atoms with van der Waals surface area (Å²) in [6.45, 7) is 4.53. The fraction of sp³-hybridized carbons (Fsp3) is 0.300. The zero-order valence-electron chi connectivity index (χ0n) is 15.6. The summed E-state index contributed by atoms with van der Waals surface area (Å²) in [6, 6.07) is 13.4. The Bertz CT molecular complexity index is 926. The van der Waals surface area contributed by atoms with Crippen LogP contribution in [0.15, 0.2) is 53.9 Å². The van der Waals surface area contributed by atoms with Crippen molar-refractivity contribution in [2.24, 2.45) is 7.05 Å². The lowest BCUT2D eigenvalue weighted by molar-refractivity contribution is 0.0987. The molecule has 0 aliphatic heterocycles. The highest BCUT2D eigenvalue weighted by molar-refractivity contribution is 7.99. The second kappa shape index (κ2) is 8.81. The molecule has 0 bridgehead atoms. The monoisotopic (exact) mass is 382 g/mol. The van der Waals surface area contributed by atoms with Crippen molar-refractivity contribution < 1.29 is 9.53 Å². The van der Waals surface area contributed by atoms with Crippen LogP contribution < -0.4 is 4.74 Å². The van der Waals surface area contributed by atoms with Gasteiger partial charge in [0.15, 0.2) is 10.9 Å². The number of hydrogen-bond donors (Lipinski definition) is 0. The van der Waals surface area contributed by atoms with Crippen LogP contribution in [0.25, 0.3) is 0 Å². The van der Waals surface area contributed by atoms with Gasteiger partial charge in [-0.3, -0.25) is 4.79 Å². The Morgan fingerprint density at radius 3 is 2.81 bits per heavy atom. The Kier molecular flexibility index (Phi) is 6.24. The fourth-order valence-corrected chi connectivity index (χ4v) is 3.54. The number of aryl methyl sites for hydroxylation is 1. The molecule has 27 heavy (non-hydrogen) atoms. The Morgan fingerprint density at radius 1 is 1.26 bits per heavy atom. The molecule has 0 aliphatic carbocycles. The van der Waals surface area contributed by atoms with Crippen LogP contribution in [-0.2, 0) is 13.5 Å². The van der Waals surface area contributed by atoms with Crippen molar-refractivity contribution in [3.05, 3.63) is 65.6 Å². The first kappa shape index (κ1) is 19.1. The van der Waals surface area contributed by atoms with Gasteiger partial charge < -0.3 is 9.30 Å². The van der Waals surface area contributed by atoms with E-state index in [1.807, 2.05) is 30.7 Å². The summed E-state index contributed by atoms with van der Waals surface area (Å²) in [5, 5.41) is 9.08. The molecule has 0 N–H and O–H groups in total. The van der Waals surface area contributed by atoms with Gasteiger partial charge >= 0.3 is 0 Å². The van der Waals surface area contributed by atoms with Gasteiger partial charge in [0.2, 0.25) is 5.88 Å². The third kappa shape index (κ3) is 4.95. The van der Waals surface area contributed by atoms with E-state index in [0.29, 0.717) is 24.6 Å². The van der Waals surface area contributed by atoms with Gasteiger partial charge in [-0.1, -0.05) is 42.1 Å². The number of Topliss-reactive ketones (excluding diaryl/α,β-unsaturated/α-hetero) is 1. The number of carbonyl (C=O) groups is 1. The van der Waals surface area contributed by atoms with E-state index in [9.17, 15) is 4.79 Å². The first-order chi connectivity index (χ1) is 13.1. The molecular formula is C20H22N4O2S. The van der Waals surface area contributed by atoms with Crippen molar-refractivity contribution in [2.75, 3.05) is 6.61 Å². The molecule has 3 aromatic rings. The maximum Gasteiger partial charge on any atom is 0.213 e. The first-order valence-corrected chi connectivity index (χ1v) is 9.67. The van der Waals surface area contributed by atoms with Crippen LogP contribution in [0.5, 0.6) is 5.88 Å². The SMILES string of the molecule is CCOc1cccc(C(=O)Cc2cccc([C@H](C)Sc3nncn3C)c2)n1. The molecule has 1 atom stereocenters. The highest BCUT2D eigenvalue weighted by Crippen LogP contribution is 2.33. The van der Waals surface area contributed by atoms with Gasteiger partial charge in [0.05, 0.1) is 6.61 Å². The molecule has 3 rings (SSSR count). The van der Waals surface area contributed by atoms with Crippen molar-refractivity contribution in [1.29, 1.82) is 0 Å². The number of aromatic nitrogens is 4. The van der Waals surface area contributed by atoms with Gasteiger partial charge in [-0.05, 0) is 31.0 Å². The van der Waals surface area contributed by atoms with Crippen LogP contribution in [-0.4, -0.2) is 32.1 Å². The zero-order chi connectivity index (χ0) is 19.2. The highest BCUT2D eigenvalue weighted by atomic mass is 32.2. The lowest BCUT2D eigenvalue weighted by atomic mass is 10.0. The Labute approximate surface area is 163 Å². The molecule has 0 radical (unpaired) electrons. The quantitative estimate of drug-likeness (QED) is 0.435.